The number of benzene rings is 1. The highest BCUT2D eigenvalue weighted by molar-refractivity contribution is 6.10. The summed E-state index contributed by atoms with van der Waals surface area (Å²) < 4.78 is 15.3. The van der Waals surface area contributed by atoms with Gasteiger partial charge in [-0.2, -0.15) is 5.26 Å². The summed E-state index contributed by atoms with van der Waals surface area (Å²) in [4.78, 5) is 28.1. The second-order valence-electron chi connectivity index (χ2n) is 5.01. The molecule has 124 valence electrons. The quantitative estimate of drug-likeness (QED) is 0.638. The summed E-state index contributed by atoms with van der Waals surface area (Å²) in [5, 5.41) is 15.3. The molecule has 7 nitrogen and oxygen atoms in total. The molecule has 24 heavy (non-hydrogen) atoms. The summed E-state index contributed by atoms with van der Waals surface area (Å²) in [6.45, 7) is 1.91. The molecule has 0 saturated carbocycles. The van der Waals surface area contributed by atoms with Crippen molar-refractivity contribution in [1.29, 1.82) is 5.26 Å². The zero-order valence-corrected chi connectivity index (χ0v) is 13.3. The minimum atomic E-state index is -1.54. The number of nitriles is 1. The van der Waals surface area contributed by atoms with E-state index in [1.807, 2.05) is 6.92 Å². The van der Waals surface area contributed by atoms with Crippen LogP contribution in [0.15, 0.2) is 24.3 Å². The van der Waals surface area contributed by atoms with Crippen LogP contribution in [-0.2, 0) is 11.2 Å². The first kappa shape index (κ1) is 17.3. The fourth-order valence-corrected chi connectivity index (χ4v) is 2.16. The number of amides is 1. The molecule has 1 amide bonds. The summed E-state index contributed by atoms with van der Waals surface area (Å²) in [5.41, 5.74) is 0.154. The molecule has 1 heterocycles. The van der Waals surface area contributed by atoms with Gasteiger partial charge in [0.05, 0.1) is 6.07 Å². The van der Waals surface area contributed by atoms with E-state index in [0.717, 1.165) is 0 Å². The Morgan fingerprint density at radius 2 is 2.12 bits per heavy atom. The van der Waals surface area contributed by atoms with Gasteiger partial charge >= 0.3 is 0 Å². The number of halogens is 1. The first-order valence-corrected chi connectivity index (χ1v) is 7.39. The fraction of sp³-hybridized carbons (Fsp3) is 0.312. The minimum absolute atomic E-state index is 0.154. The van der Waals surface area contributed by atoms with Crippen molar-refractivity contribution in [3.8, 4) is 11.8 Å². The van der Waals surface area contributed by atoms with Crippen molar-refractivity contribution in [2.45, 2.75) is 19.8 Å². The van der Waals surface area contributed by atoms with E-state index in [9.17, 15) is 14.0 Å². The maximum atomic E-state index is 14.0. The minimum Gasteiger partial charge on any atom is -0.358 e. The summed E-state index contributed by atoms with van der Waals surface area (Å²) in [6.07, 6.45) is 1.17. The van der Waals surface area contributed by atoms with Crippen LogP contribution in [0.1, 0.15) is 29.8 Å². The Morgan fingerprint density at radius 1 is 1.42 bits per heavy atom. The number of aromatic nitrogens is 3. The van der Waals surface area contributed by atoms with Gasteiger partial charge in [0.25, 0.3) is 0 Å². The van der Waals surface area contributed by atoms with Gasteiger partial charge in [-0.15, -0.1) is 5.10 Å². The topological polar surface area (TPSA) is 101 Å². The molecule has 0 bridgehead atoms. The van der Waals surface area contributed by atoms with Gasteiger partial charge in [0.1, 0.15) is 17.3 Å². The molecule has 1 atom stereocenters. The van der Waals surface area contributed by atoms with Gasteiger partial charge in [0.2, 0.25) is 17.5 Å². The van der Waals surface area contributed by atoms with Crippen LogP contribution in [0.5, 0.6) is 0 Å². The van der Waals surface area contributed by atoms with Crippen LogP contribution in [0.3, 0.4) is 0 Å². The Morgan fingerprint density at radius 3 is 2.71 bits per heavy atom. The van der Waals surface area contributed by atoms with Crippen molar-refractivity contribution >= 4 is 11.7 Å². The lowest BCUT2D eigenvalue weighted by molar-refractivity contribution is -0.121. The largest absolute Gasteiger partial charge is 0.358 e. The van der Waals surface area contributed by atoms with E-state index in [0.29, 0.717) is 18.7 Å². The van der Waals surface area contributed by atoms with Gasteiger partial charge in [-0.3, -0.25) is 9.59 Å². The maximum Gasteiger partial charge on any atom is 0.245 e. The number of carbonyl (C=O) groups is 2. The molecule has 0 aliphatic rings. The smallest absolute Gasteiger partial charge is 0.245 e. The average molecular weight is 329 g/mol. The molecule has 1 aromatic carbocycles. The van der Waals surface area contributed by atoms with Crippen LogP contribution >= 0.6 is 0 Å². The Kier molecular flexibility index (Phi) is 5.37. The summed E-state index contributed by atoms with van der Waals surface area (Å²) >= 11 is 0. The number of Topliss-reactive ketones (excluding diaryl/α,β-unsaturated/α-hetero) is 1. The van der Waals surface area contributed by atoms with Crippen molar-refractivity contribution in [1.82, 2.24) is 20.1 Å². The number of rotatable bonds is 6. The van der Waals surface area contributed by atoms with Gasteiger partial charge in [-0.25, -0.2) is 14.1 Å². The highest BCUT2D eigenvalue weighted by atomic mass is 19.1. The van der Waals surface area contributed by atoms with Crippen LogP contribution in [0.2, 0.25) is 0 Å². The number of nitrogens with one attached hydrogen (secondary N) is 1. The van der Waals surface area contributed by atoms with Crippen molar-refractivity contribution < 1.29 is 14.0 Å². The van der Waals surface area contributed by atoms with Crippen molar-refractivity contribution in [3.63, 3.8) is 0 Å². The lowest BCUT2D eigenvalue weighted by Crippen LogP contribution is -2.32. The third kappa shape index (κ3) is 3.30. The number of ketones is 1. The zero-order valence-electron chi connectivity index (χ0n) is 13.3. The predicted octanol–water partition coefficient (Wildman–Crippen LogP) is 1.43. The highest BCUT2D eigenvalue weighted by Gasteiger charge is 2.30. The van der Waals surface area contributed by atoms with Crippen LogP contribution in [0.25, 0.3) is 5.69 Å². The van der Waals surface area contributed by atoms with Crippen LogP contribution < -0.4 is 5.32 Å². The molecule has 1 aromatic heterocycles. The van der Waals surface area contributed by atoms with Gasteiger partial charge in [0, 0.05) is 13.5 Å². The number of para-hydroxylation sites is 1. The Bertz CT molecular complexity index is 809. The normalized spacial score (nSPS) is 11.6. The molecular weight excluding hydrogens is 313 g/mol. The Labute approximate surface area is 138 Å². The van der Waals surface area contributed by atoms with E-state index in [1.165, 1.54) is 23.9 Å². The molecule has 0 saturated heterocycles. The van der Waals surface area contributed by atoms with Crippen LogP contribution in [0.4, 0.5) is 4.39 Å². The molecule has 2 rings (SSSR count). The van der Waals surface area contributed by atoms with Crippen molar-refractivity contribution in [2.75, 3.05) is 7.05 Å². The molecule has 1 N–H and O–H groups in total. The molecule has 0 unspecified atom stereocenters. The summed E-state index contributed by atoms with van der Waals surface area (Å²) in [7, 11) is 1.33. The summed E-state index contributed by atoms with van der Waals surface area (Å²) in [6, 6.07) is 7.60. The molecule has 0 aliphatic heterocycles. The lowest BCUT2D eigenvalue weighted by atomic mass is 10.1. The van der Waals surface area contributed by atoms with Gasteiger partial charge in [-0.1, -0.05) is 19.1 Å². The maximum absolute atomic E-state index is 14.0. The van der Waals surface area contributed by atoms with Gasteiger partial charge in [0.15, 0.2) is 5.92 Å². The molecule has 0 spiro atoms. The highest BCUT2D eigenvalue weighted by Crippen LogP contribution is 2.16. The molecule has 0 radical (unpaired) electrons. The van der Waals surface area contributed by atoms with E-state index < -0.39 is 23.4 Å². The molecule has 8 heteroatoms. The number of aryl methyl sites for hydroxylation is 1. The van der Waals surface area contributed by atoms with E-state index in [-0.39, 0.29) is 11.5 Å². The summed E-state index contributed by atoms with van der Waals surface area (Å²) in [5.74, 6) is -3.50. The van der Waals surface area contributed by atoms with Crippen molar-refractivity contribution in [2.24, 2.45) is 5.92 Å². The van der Waals surface area contributed by atoms with Crippen molar-refractivity contribution in [3.05, 3.63) is 41.7 Å². The first-order valence-electron chi connectivity index (χ1n) is 7.39. The number of carbonyl (C=O) groups excluding carboxylic acids is 2. The lowest BCUT2D eigenvalue weighted by Gasteiger charge is -2.05. The molecular formula is C16H16FN5O2. The first-order chi connectivity index (χ1) is 11.5. The average Bonchev–Trinajstić information content (AvgIpc) is 2.99. The van der Waals surface area contributed by atoms with Crippen LogP contribution in [0, 0.1) is 23.1 Å². The Balaban J connectivity index is 2.49. The second kappa shape index (κ2) is 7.46. The Hall–Kier alpha value is -3.08. The third-order valence-electron chi connectivity index (χ3n) is 3.35. The van der Waals surface area contributed by atoms with Gasteiger partial charge < -0.3 is 5.32 Å². The molecule has 2 aromatic rings. The SMILES string of the molecule is CCCc1nc(C(=O)[C@@H](C#N)C(=O)NC)nn1-c1ccccc1F. The standard InChI is InChI=1S/C16H16FN5O2/c1-3-6-13-20-15(14(23)10(9-18)16(24)19-2)21-22(13)12-8-5-4-7-11(12)17/h4-5,7-8,10H,3,6H2,1-2H3,(H,19,24)/t10-/m1/s1. The fourth-order valence-electron chi connectivity index (χ4n) is 2.16. The number of hydrogen-bond donors (Lipinski definition) is 1. The molecule has 0 aliphatic carbocycles. The van der Waals surface area contributed by atoms with E-state index in [2.05, 4.69) is 15.4 Å². The number of hydrogen-bond acceptors (Lipinski definition) is 5. The van der Waals surface area contributed by atoms with E-state index in [4.69, 9.17) is 5.26 Å². The second-order valence-corrected chi connectivity index (χ2v) is 5.01. The monoisotopic (exact) mass is 329 g/mol. The third-order valence-corrected chi connectivity index (χ3v) is 3.35. The van der Waals surface area contributed by atoms with Crippen LogP contribution in [-0.4, -0.2) is 33.5 Å². The zero-order chi connectivity index (χ0) is 17.7. The van der Waals surface area contributed by atoms with Gasteiger partial charge in [-0.05, 0) is 18.6 Å². The molecule has 0 fully saturated rings. The predicted molar refractivity (Wildman–Crippen MR) is 82.8 cm³/mol. The van der Waals surface area contributed by atoms with E-state index in [1.54, 1.807) is 18.2 Å². The number of nitrogens with zero attached hydrogens (tertiary/aromatic N) is 4. The van der Waals surface area contributed by atoms with E-state index >= 15 is 0 Å².